The third-order valence-corrected chi connectivity index (χ3v) is 6.64. The lowest BCUT2D eigenvalue weighted by atomic mass is 9.92. The fourth-order valence-corrected chi connectivity index (χ4v) is 4.17. The second-order valence-corrected chi connectivity index (χ2v) is 9.43. The van der Waals surface area contributed by atoms with Gasteiger partial charge in [-0.1, -0.05) is 13.8 Å². The molecule has 1 saturated heterocycles. The Hall–Kier alpha value is -1.22. The fourth-order valence-electron chi connectivity index (χ4n) is 3.33. The molecule has 142 valence electrons. The van der Waals surface area contributed by atoms with E-state index >= 15 is 0 Å². The van der Waals surface area contributed by atoms with Crippen LogP contribution >= 0.6 is 0 Å². The van der Waals surface area contributed by atoms with E-state index in [0.717, 1.165) is 17.8 Å². The molecule has 0 aliphatic carbocycles. The molecule has 2 atom stereocenters. The van der Waals surface area contributed by atoms with Crippen molar-refractivity contribution in [3.63, 3.8) is 0 Å². The highest BCUT2D eigenvalue weighted by Gasteiger charge is 2.37. The SMILES string of the molecule is Cc1c[nH]c(CN2C[C@@H](NS(=O)(=O)N(C)C)[C@H](C(C)C)C2)c(C)c1=O. The van der Waals surface area contributed by atoms with Crippen molar-refractivity contribution >= 4 is 10.2 Å². The summed E-state index contributed by atoms with van der Waals surface area (Å²) >= 11 is 0. The minimum atomic E-state index is -3.47. The average Bonchev–Trinajstić information content (AvgIpc) is 2.90. The summed E-state index contributed by atoms with van der Waals surface area (Å²) in [4.78, 5) is 17.5. The summed E-state index contributed by atoms with van der Waals surface area (Å²) in [6.45, 7) is 9.91. The molecule has 25 heavy (non-hydrogen) atoms. The summed E-state index contributed by atoms with van der Waals surface area (Å²) in [5.41, 5.74) is 2.41. The van der Waals surface area contributed by atoms with Crippen LogP contribution in [0.15, 0.2) is 11.0 Å². The van der Waals surface area contributed by atoms with Crippen LogP contribution in [0.5, 0.6) is 0 Å². The number of hydrogen-bond donors (Lipinski definition) is 2. The molecule has 0 saturated carbocycles. The predicted octanol–water partition coefficient (Wildman–Crippen LogP) is 0.844. The number of aromatic amines is 1. The molecule has 0 amide bonds. The fraction of sp³-hybridized carbons (Fsp3) is 0.706. The van der Waals surface area contributed by atoms with Crippen LogP contribution in [-0.4, -0.2) is 55.8 Å². The molecule has 0 spiro atoms. The van der Waals surface area contributed by atoms with Crippen LogP contribution in [0.1, 0.15) is 30.7 Å². The maximum atomic E-state index is 12.2. The predicted molar refractivity (Wildman–Crippen MR) is 99.7 cm³/mol. The molecule has 1 aliphatic heterocycles. The van der Waals surface area contributed by atoms with Crippen LogP contribution < -0.4 is 10.2 Å². The molecule has 1 aromatic rings. The van der Waals surface area contributed by atoms with Gasteiger partial charge in [-0.05, 0) is 25.7 Å². The number of nitrogens with zero attached hydrogens (tertiary/aromatic N) is 2. The molecule has 0 unspecified atom stereocenters. The Morgan fingerprint density at radius 3 is 2.52 bits per heavy atom. The lowest BCUT2D eigenvalue weighted by Gasteiger charge is -2.24. The topological polar surface area (TPSA) is 85.5 Å². The van der Waals surface area contributed by atoms with E-state index in [2.05, 4.69) is 28.5 Å². The van der Waals surface area contributed by atoms with Gasteiger partial charge in [0.2, 0.25) is 0 Å². The van der Waals surface area contributed by atoms with Crippen molar-refractivity contribution in [3.05, 3.63) is 33.2 Å². The molecular formula is C17H30N4O3S. The van der Waals surface area contributed by atoms with Crippen molar-refractivity contribution < 1.29 is 8.42 Å². The number of aromatic nitrogens is 1. The first kappa shape index (κ1) is 20.1. The summed E-state index contributed by atoms with van der Waals surface area (Å²) in [5.74, 6) is 0.588. The highest BCUT2D eigenvalue weighted by molar-refractivity contribution is 7.87. The second kappa shape index (κ2) is 7.57. The minimum Gasteiger partial charge on any atom is -0.363 e. The molecule has 0 radical (unpaired) electrons. The van der Waals surface area contributed by atoms with Gasteiger partial charge in [0.05, 0.1) is 0 Å². The average molecular weight is 371 g/mol. The Balaban J connectivity index is 2.17. The third-order valence-electron chi connectivity index (χ3n) is 5.07. The van der Waals surface area contributed by atoms with Gasteiger partial charge < -0.3 is 4.98 Å². The van der Waals surface area contributed by atoms with Gasteiger partial charge in [0.1, 0.15) is 0 Å². The number of aryl methyl sites for hydroxylation is 1. The Bertz CT molecular complexity index is 771. The van der Waals surface area contributed by atoms with Gasteiger partial charge in [-0.25, -0.2) is 0 Å². The first-order valence-corrected chi connectivity index (χ1v) is 10.1. The molecule has 2 heterocycles. The standard InChI is InChI=1S/C17H30N4O3S/c1-11(2)14-8-21(10-16(14)19-25(23,24)20(5)6)9-15-13(4)17(22)12(3)7-18-15/h7,11,14,16,19H,8-10H2,1-6H3,(H,18,22)/t14-,16+/m0/s1. The largest absolute Gasteiger partial charge is 0.363 e. The number of H-pyrrole nitrogens is 1. The van der Waals surface area contributed by atoms with E-state index in [0.29, 0.717) is 24.6 Å². The monoisotopic (exact) mass is 370 g/mol. The molecule has 1 aliphatic rings. The second-order valence-electron chi connectivity index (χ2n) is 7.52. The van der Waals surface area contributed by atoms with Gasteiger partial charge in [-0.3, -0.25) is 9.69 Å². The van der Waals surface area contributed by atoms with Crippen LogP contribution in [0.25, 0.3) is 0 Å². The molecule has 1 fully saturated rings. The molecular weight excluding hydrogens is 340 g/mol. The molecule has 0 bridgehead atoms. The quantitative estimate of drug-likeness (QED) is 0.777. The number of likely N-dealkylation sites (tertiary alicyclic amines) is 1. The van der Waals surface area contributed by atoms with Gasteiger partial charge in [-0.2, -0.15) is 17.4 Å². The smallest absolute Gasteiger partial charge is 0.279 e. The number of rotatable bonds is 6. The number of hydrogen-bond acceptors (Lipinski definition) is 4. The third kappa shape index (κ3) is 4.49. The van der Waals surface area contributed by atoms with Crippen LogP contribution in [0.2, 0.25) is 0 Å². The maximum Gasteiger partial charge on any atom is 0.279 e. The van der Waals surface area contributed by atoms with E-state index in [1.165, 1.54) is 18.4 Å². The summed E-state index contributed by atoms with van der Waals surface area (Å²) in [5, 5.41) is 0. The molecule has 2 N–H and O–H groups in total. The van der Waals surface area contributed by atoms with Crippen molar-refractivity contribution in [2.45, 2.75) is 40.3 Å². The van der Waals surface area contributed by atoms with Crippen molar-refractivity contribution in [3.8, 4) is 0 Å². The summed E-state index contributed by atoms with van der Waals surface area (Å²) in [6, 6.07) is -0.134. The lowest BCUT2D eigenvalue weighted by molar-refractivity contribution is 0.292. The summed E-state index contributed by atoms with van der Waals surface area (Å²) < 4.78 is 28.4. The van der Waals surface area contributed by atoms with E-state index < -0.39 is 10.2 Å². The van der Waals surface area contributed by atoms with Crippen molar-refractivity contribution in [1.29, 1.82) is 0 Å². The van der Waals surface area contributed by atoms with Gasteiger partial charge >= 0.3 is 0 Å². The molecule has 7 nitrogen and oxygen atoms in total. The van der Waals surface area contributed by atoms with Gasteiger partial charge in [-0.15, -0.1) is 0 Å². The van der Waals surface area contributed by atoms with E-state index in [4.69, 9.17) is 0 Å². The first-order valence-electron chi connectivity index (χ1n) is 8.62. The first-order chi connectivity index (χ1) is 11.5. The van der Waals surface area contributed by atoms with Crippen molar-refractivity contribution in [2.75, 3.05) is 27.2 Å². The zero-order chi connectivity index (χ0) is 18.9. The Morgan fingerprint density at radius 1 is 1.32 bits per heavy atom. The van der Waals surface area contributed by atoms with Crippen LogP contribution in [-0.2, 0) is 16.8 Å². The lowest BCUT2D eigenvalue weighted by Crippen LogP contribution is -2.46. The highest BCUT2D eigenvalue weighted by Crippen LogP contribution is 2.26. The number of nitrogens with one attached hydrogen (secondary N) is 2. The molecule has 0 aromatic carbocycles. The Kier molecular flexibility index (Phi) is 6.09. The maximum absolute atomic E-state index is 12.2. The highest BCUT2D eigenvalue weighted by atomic mass is 32.2. The minimum absolute atomic E-state index is 0.0678. The van der Waals surface area contributed by atoms with Gasteiger partial charge in [0.15, 0.2) is 5.43 Å². The van der Waals surface area contributed by atoms with E-state index in [9.17, 15) is 13.2 Å². The molecule has 8 heteroatoms. The van der Waals surface area contributed by atoms with E-state index in [-0.39, 0.29) is 17.4 Å². The van der Waals surface area contributed by atoms with Crippen LogP contribution in [0.3, 0.4) is 0 Å². The Morgan fingerprint density at radius 2 is 1.96 bits per heavy atom. The number of pyridine rings is 1. The summed E-state index contributed by atoms with van der Waals surface area (Å²) in [6.07, 6.45) is 1.74. The van der Waals surface area contributed by atoms with Gasteiger partial charge in [0.25, 0.3) is 10.2 Å². The van der Waals surface area contributed by atoms with Crippen molar-refractivity contribution in [1.82, 2.24) is 18.9 Å². The normalized spacial score (nSPS) is 22.2. The zero-order valence-corrected chi connectivity index (χ0v) is 16.8. The Labute approximate surface area is 150 Å². The molecule has 1 aromatic heterocycles. The molecule has 2 rings (SSSR count). The van der Waals surface area contributed by atoms with E-state index in [1.807, 2.05) is 6.92 Å². The van der Waals surface area contributed by atoms with E-state index in [1.54, 1.807) is 13.1 Å². The van der Waals surface area contributed by atoms with Crippen LogP contribution in [0.4, 0.5) is 0 Å². The van der Waals surface area contributed by atoms with Crippen molar-refractivity contribution in [2.24, 2.45) is 11.8 Å². The zero-order valence-electron chi connectivity index (χ0n) is 16.0. The van der Waals surface area contributed by atoms with Crippen LogP contribution in [0, 0.1) is 25.7 Å². The summed E-state index contributed by atoms with van der Waals surface area (Å²) in [7, 11) is -0.411. The van der Waals surface area contributed by atoms with Gasteiger partial charge in [0, 0.05) is 62.8 Å².